The first-order valence-electron chi connectivity index (χ1n) is 11.2. The van der Waals surface area contributed by atoms with Gasteiger partial charge in [-0.3, -0.25) is 4.68 Å². The average molecular weight is 432 g/mol. The van der Waals surface area contributed by atoms with E-state index in [9.17, 15) is 4.79 Å². The first-order chi connectivity index (χ1) is 15.3. The highest BCUT2D eigenvalue weighted by Gasteiger charge is 2.29. The molecular formula is C25H29N5O2. The van der Waals surface area contributed by atoms with Crippen molar-refractivity contribution in [3.63, 3.8) is 0 Å². The van der Waals surface area contributed by atoms with Gasteiger partial charge in [-0.25, -0.2) is 9.78 Å². The van der Waals surface area contributed by atoms with Crippen LogP contribution in [0.1, 0.15) is 45.1 Å². The number of rotatable bonds is 2. The van der Waals surface area contributed by atoms with Gasteiger partial charge in [0.05, 0.1) is 6.20 Å². The van der Waals surface area contributed by atoms with E-state index in [4.69, 9.17) is 4.74 Å². The number of likely N-dealkylation sites (tertiary alicyclic amines) is 1. The number of aryl methyl sites for hydroxylation is 1. The predicted octanol–water partition coefficient (Wildman–Crippen LogP) is 5.23. The van der Waals surface area contributed by atoms with Crippen molar-refractivity contribution in [1.29, 1.82) is 0 Å². The number of ether oxygens (including phenoxy) is 1. The predicted molar refractivity (Wildman–Crippen MR) is 126 cm³/mol. The second kappa shape index (κ2) is 7.65. The number of nitrogens with zero attached hydrogens (tertiary/aromatic N) is 4. The number of hydrogen-bond acceptors (Lipinski definition) is 4. The lowest BCUT2D eigenvalue weighted by Gasteiger charge is -2.33. The Labute approximate surface area is 187 Å². The number of aromatic nitrogens is 4. The first kappa shape index (κ1) is 20.5. The van der Waals surface area contributed by atoms with Crippen LogP contribution >= 0.6 is 0 Å². The van der Waals surface area contributed by atoms with Crippen molar-refractivity contribution in [3.8, 4) is 11.1 Å². The molecule has 0 saturated carbocycles. The van der Waals surface area contributed by atoms with Gasteiger partial charge in [0.15, 0.2) is 0 Å². The molecule has 0 radical (unpaired) electrons. The van der Waals surface area contributed by atoms with Gasteiger partial charge in [0.1, 0.15) is 11.2 Å². The summed E-state index contributed by atoms with van der Waals surface area (Å²) in [7, 11) is 1.93. The summed E-state index contributed by atoms with van der Waals surface area (Å²) in [5, 5.41) is 7.82. The Bertz CT molecular complexity index is 1290. The number of fused-ring (bicyclic) bond motifs is 3. The maximum absolute atomic E-state index is 12.4. The maximum atomic E-state index is 12.4. The van der Waals surface area contributed by atoms with Gasteiger partial charge in [-0.15, -0.1) is 0 Å². The van der Waals surface area contributed by atoms with Gasteiger partial charge < -0.3 is 14.6 Å². The minimum Gasteiger partial charge on any atom is -0.444 e. The van der Waals surface area contributed by atoms with Crippen LogP contribution in [0.3, 0.4) is 0 Å². The smallest absolute Gasteiger partial charge is 0.410 e. The third kappa shape index (κ3) is 3.83. The fraction of sp³-hybridized carbons (Fsp3) is 0.400. The molecule has 7 nitrogen and oxygen atoms in total. The van der Waals surface area contributed by atoms with Crippen molar-refractivity contribution in [2.45, 2.75) is 45.1 Å². The molecule has 0 atom stereocenters. The molecule has 1 amide bonds. The van der Waals surface area contributed by atoms with E-state index in [-0.39, 0.29) is 6.09 Å². The fourth-order valence-electron chi connectivity index (χ4n) is 4.60. The van der Waals surface area contributed by atoms with Crippen LogP contribution in [0.15, 0.2) is 43.0 Å². The van der Waals surface area contributed by atoms with Crippen molar-refractivity contribution >= 4 is 27.9 Å². The molecule has 1 saturated heterocycles. The van der Waals surface area contributed by atoms with Crippen molar-refractivity contribution in [2.24, 2.45) is 7.05 Å². The number of amides is 1. The second-order valence-electron chi connectivity index (χ2n) is 9.67. The first-order valence-corrected chi connectivity index (χ1v) is 11.2. The van der Waals surface area contributed by atoms with Crippen LogP contribution in [-0.4, -0.2) is 49.4 Å². The van der Waals surface area contributed by atoms with E-state index in [1.807, 2.05) is 56.0 Å². The largest absolute Gasteiger partial charge is 0.444 e. The van der Waals surface area contributed by atoms with Crippen molar-refractivity contribution in [3.05, 3.63) is 48.5 Å². The Hall–Kier alpha value is -3.35. The molecule has 0 aliphatic carbocycles. The number of pyridine rings is 1. The summed E-state index contributed by atoms with van der Waals surface area (Å²) in [4.78, 5) is 22.3. The van der Waals surface area contributed by atoms with E-state index in [0.717, 1.165) is 35.0 Å². The van der Waals surface area contributed by atoms with Crippen molar-refractivity contribution in [2.75, 3.05) is 13.1 Å². The summed E-state index contributed by atoms with van der Waals surface area (Å²) in [6, 6.07) is 6.49. The zero-order valence-electron chi connectivity index (χ0n) is 19.1. The molecule has 0 unspecified atom stereocenters. The molecule has 1 aromatic carbocycles. The molecule has 4 heterocycles. The third-order valence-corrected chi connectivity index (χ3v) is 6.17. The Kier molecular flexibility index (Phi) is 4.92. The topological polar surface area (TPSA) is 76.0 Å². The molecule has 1 aliphatic heterocycles. The molecule has 0 bridgehead atoms. The summed E-state index contributed by atoms with van der Waals surface area (Å²) in [6.45, 7) is 7.11. The molecule has 5 rings (SSSR count). The van der Waals surface area contributed by atoms with Gasteiger partial charge in [-0.05, 0) is 62.1 Å². The van der Waals surface area contributed by atoms with E-state index in [0.29, 0.717) is 19.0 Å². The lowest BCUT2D eigenvalue weighted by atomic mass is 9.88. The molecule has 1 aliphatic rings. The molecule has 0 spiro atoms. The summed E-state index contributed by atoms with van der Waals surface area (Å²) in [5.74, 6) is 0.372. The molecular weight excluding hydrogens is 402 g/mol. The number of benzene rings is 1. The number of hydrogen-bond donors (Lipinski definition) is 1. The van der Waals surface area contributed by atoms with E-state index in [1.54, 1.807) is 0 Å². The van der Waals surface area contributed by atoms with Crippen molar-refractivity contribution in [1.82, 2.24) is 24.6 Å². The summed E-state index contributed by atoms with van der Waals surface area (Å²) in [6.07, 6.45) is 9.55. The van der Waals surface area contributed by atoms with Crippen LogP contribution in [0.4, 0.5) is 4.79 Å². The quantitative estimate of drug-likeness (QED) is 0.471. The average Bonchev–Trinajstić information content (AvgIpc) is 3.39. The molecule has 32 heavy (non-hydrogen) atoms. The van der Waals surface area contributed by atoms with Gasteiger partial charge in [-0.2, -0.15) is 5.10 Å². The van der Waals surface area contributed by atoms with E-state index in [2.05, 4.69) is 39.5 Å². The van der Waals surface area contributed by atoms with Gasteiger partial charge >= 0.3 is 6.09 Å². The Morgan fingerprint density at radius 2 is 1.94 bits per heavy atom. The SMILES string of the molecule is Cn1cc(-c2ccc3cnc4[nH]cc(C5CCN(C(=O)OC(C)(C)C)CC5)c4c3c2)cn1. The van der Waals surface area contributed by atoms with Gasteiger partial charge in [-0.1, -0.05) is 12.1 Å². The number of nitrogens with one attached hydrogen (secondary N) is 1. The van der Waals surface area contributed by atoms with Crippen LogP contribution in [-0.2, 0) is 11.8 Å². The highest BCUT2D eigenvalue weighted by molar-refractivity contribution is 6.08. The fourth-order valence-corrected chi connectivity index (χ4v) is 4.60. The van der Waals surface area contributed by atoms with Gasteiger partial charge in [0.2, 0.25) is 0 Å². The van der Waals surface area contributed by atoms with Crippen LogP contribution in [0, 0.1) is 0 Å². The summed E-state index contributed by atoms with van der Waals surface area (Å²) >= 11 is 0. The number of piperidine rings is 1. The molecule has 1 N–H and O–H groups in total. The minimum absolute atomic E-state index is 0.219. The standard InChI is InChI=1S/C25H29N5O2/c1-25(2,3)32-24(31)30-9-7-16(8-10-30)21-14-27-23-22(21)20-11-17(5-6-18(20)12-26-23)19-13-28-29(4)15-19/h5-6,11-16H,7-10H2,1-4H3,(H,26,27). The van der Waals surface area contributed by atoms with E-state index >= 15 is 0 Å². The third-order valence-electron chi connectivity index (χ3n) is 6.17. The highest BCUT2D eigenvalue weighted by Crippen LogP contribution is 2.37. The minimum atomic E-state index is -0.471. The lowest BCUT2D eigenvalue weighted by molar-refractivity contribution is 0.0205. The van der Waals surface area contributed by atoms with E-state index in [1.165, 1.54) is 16.3 Å². The summed E-state index contributed by atoms with van der Waals surface area (Å²) in [5.41, 5.74) is 3.96. The summed E-state index contributed by atoms with van der Waals surface area (Å²) < 4.78 is 7.37. The van der Waals surface area contributed by atoms with Crippen LogP contribution in [0.25, 0.3) is 32.9 Å². The van der Waals surface area contributed by atoms with Gasteiger partial charge in [0.25, 0.3) is 0 Å². The normalized spacial score (nSPS) is 15.6. The van der Waals surface area contributed by atoms with Crippen LogP contribution in [0.2, 0.25) is 0 Å². The van der Waals surface area contributed by atoms with Crippen LogP contribution in [0.5, 0.6) is 0 Å². The Morgan fingerprint density at radius 3 is 2.62 bits per heavy atom. The molecule has 1 fully saturated rings. The number of H-pyrrole nitrogens is 1. The molecule has 4 aromatic rings. The monoisotopic (exact) mass is 431 g/mol. The lowest BCUT2D eigenvalue weighted by Crippen LogP contribution is -2.41. The zero-order valence-corrected chi connectivity index (χ0v) is 19.1. The highest BCUT2D eigenvalue weighted by atomic mass is 16.6. The van der Waals surface area contributed by atoms with Crippen molar-refractivity contribution < 1.29 is 9.53 Å². The molecule has 166 valence electrons. The number of carbonyl (C=O) groups excluding carboxylic acids is 1. The Morgan fingerprint density at radius 1 is 1.16 bits per heavy atom. The van der Waals surface area contributed by atoms with Gasteiger partial charge in [0, 0.05) is 55.1 Å². The number of aromatic amines is 1. The maximum Gasteiger partial charge on any atom is 0.410 e. The van der Waals surface area contributed by atoms with E-state index < -0.39 is 5.60 Å². The second-order valence-corrected chi connectivity index (χ2v) is 9.67. The number of carbonyl (C=O) groups is 1. The Balaban J connectivity index is 1.46. The molecule has 3 aromatic heterocycles. The molecule has 7 heteroatoms. The van der Waals surface area contributed by atoms with Crippen LogP contribution < -0.4 is 0 Å². The zero-order chi connectivity index (χ0) is 22.5.